The highest BCUT2D eigenvalue weighted by atomic mass is 16.5. The molecule has 7 heteroatoms. The first kappa shape index (κ1) is 19.1. The van der Waals surface area contributed by atoms with Crippen molar-refractivity contribution < 1.29 is 13.9 Å². The summed E-state index contributed by atoms with van der Waals surface area (Å²) in [5.74, 6) is 2.07. The van der Waals surface area contributed by atoms with E-state index >= 15 is 0 Å². The van der Waals surface area contributed by atoms with Gasteiger partial charge in [0.25, 0.3) is 0 Å². The van der Waals surface area contributed by atoms with Gasteiger partial charge in [-0.05, 0) is 19.1 Å². The van der Waals surface area contributed by atoms with Crippen LogP contribution in [0.4, 0.5) is 11.5 Å². The van der Waals surface area contributed by atoms with Crippen LogP contribution in [0, 0.1) is 6.92 Å². The summed E-state index contributed by atoms with van der Waals surface area (Å²) in [6.45, 7) is 5.14. The number of oxazole rings is 1. The summed E-state index contributed by atoms with van der Waals surface area (Å²) in [7, 11) is 0. The molecule has 1 saturated heterocycles. The van der Waals surface area contributed by atoms with E-state index in [0.29, 0.717) is 43.4 Å². The molecule has 0 bridgehead atoms. The maximum atomic E-state index is 12.3. The quantitative estimate of drug-likeness (QED) is 0.692. The number of amides is 1. The molecule has 1 aliphatic rings. The van der Waals surface area contributed by atoms with Crippen LogP contribution in [0.2, 0.25) is 0 Å². The number of carbonyl (C=O) groups is 1. The maximum Gasteiger partial charge on any atom is 0.224 e. The van der Waals surface area contributed by atoms with Crippen molar-refractivity contribution in [2.75, 3.05) is 36.5 Å². The Balaban J connectivity index is 1.28. The van der Waals surface area contributed by atoms with Crippen LogP contribution >= 0.6 is 0 Å². The van der Waals surface area contributed by atoms with Gasteiger partial charge in [-0.1, -0.05) is 29.8 Å². The molecule has 0 saturated carbocycles. The molecule has 29 heavy (non-hydrogen) atoms. The van der Waals surface area contributed by atoms with E-state index in [1.165, 1.54) is 5.56 Å². The van der Waals surface area contributed by atoms with Crippen LogP contribution in [0.1, 0.15) is 17.9 Å². The average molecular weight is 392 g/mol. The summed E-state index contributed by atoms with van der Waals surface area (Å²) >= 11 is 0. The molecular formula is C22H24N4O3. The Morgan fingerprint density at radius 1 is 1.07 bits per heavy atom. The molecular weight excluding hydrogens is 368 g/mol. The predicted molar refractivity (Wildman–Crippen MR) is 111 cm³/mol. The third kappa shape index (κ3) is 5.00. The predicted octanol–water partition coefficient (Wildman–Crippen LogP) is 3.45. The van der Waals surface area contributed by atoms with Crippen LogP contribution in [-0.4, -0.2) is 42.2 Å². The molecule has 3 aromatic rings. The molecule has 1 aliphatic heterocycles. The number of rotatable bonds is 6. The lowest BCUT2D eigenvalue weighted by atomic mass is 10.1. The number of nitrogens with zero attached hydrogens (tertiary/aromatic N) is 3. The maximum absolute atomic E-state index is 12.3. The number of morpholine rings is 1. The van der Waals surface area contributed by atoms with Crippen LogP contribution in [-0.2, 0) is 16.0 Å². The number of aromatic nitrogens is 2. The van der Waals surface area contributed by atoms with E-state index in [1.807, 2.05) is 43.3 Å². The van der Waals surface area contributed by atoms with E-state index in [-0.39, 0.29) is 5.91 Å². The number of benzene rings is 1. The molecule has 2 aromatic heterocycles. The molecule has 1 fully saturated rings. The minimum Gasteiger partial charge on any atom is -0.441 e. The third-order valence-corrected chi connectivity index (χ3v) is 4.82. The van der Waals surface area contributed by atoms with Crippen molar-refractivity contribution in [1.82, 2.24) is 9.97 Å². The van der Waals surface area contributed by atoms with E-state index < -0.39 is 0 Å². The Morgan fingerprint density at radius 2 is 1.86 bits per heavy atom. The number of anilines is 2. The molecule has 150 valence electrons. The minimum atomic E-state index is -0.0963. The lowest BCUT2D eigenvalue weighted by Crippen LogP contribution is -2.36. The highest BCUT2D eigenvalue weighted by molar-refractivity contribution is 5.90. The van der Waals surface area contributed by atoms with Crippen molar-refractivity contribution in [3.63, 3.8) is 0 Å². The Bertz CT molecular complexity index is 945. The van der Waals surface area contributed by atoms with Crippen LogP contribution in [0.3, 0.4) is 0 Å². The Morgan fingerprint density at radius 3 is 2.59 bits per heavy atom. The minimum absolute atomic E-state index is 0.0963. The van der Waals surface area contributed by atoms with E-state index in [1.54, 1.807) is 12.4 Å². The third-order valence-electron chi connectivity index (χ3n) is 4.82. The average Bonchev–Trinajstić information content (AvgIpc) is 3.23. The van der Waals surface area contributed by atoms with Gasteiger partial charge in [0.1, 0.15) is 5.82 Å². The zero-order chi connectivity index (χ0) is 20.1. The van der Waals surface area contributed by atoms with E-state index in [4.69, 9.17) is 9.15 Å². The first-order valence-electron chi connectivity index (χ1n) is 9.78. The number of ether oxygens (including phenoxy) is 1. The van der Waals surface area contributed by atoms with Crippen molar-refractivity contribution in [3.8, 4) is 11.3 Å². The van der Waals surface area contributed by atoms with Gasteiger partial charge in [-0.2, -0.15) is 0 Å². The highest BCUT2D eigenvalue weighted by Crippen LogP contribution is 2.21. The fraction of sp³-hybridized carbons (Fsp3) is 0.318. The van der Waals surface area contributed by atoms with Gasteiger partial charge in [0.15, 0.2) is 11.7 Å². The van der Waals surface area contributed by atoms with Crippen LogP contribution in [0.25, 0.3) is 11.3 Å². The van der Waals surface area contributed by atoms with E-state index in [0.717, 1.165) is 24.5 Å². The monoisotopic (exact) mass is 392 g/mol. The first-order valence-corrected chi connectivity index (χ1v) is 9.78. The summed E-state index contributed by atoms with van der Waals surface area (Å²) in [6, 6.07) is 11.9. The van der Waals surface area contributed by atoms with E-state index in [2.05, 4.69) is 20.2 Å². The molecule has 0 radical (unpaired) electrons. The standard InChI is InChI=1S/C22H24N4O3/c1-16-2-4-17(5-3-16)19-15-24-22(29-19)9-8-21(27)25-18-6-7-20(23-14-18)26-10-12-28-13-11-26/h2-7,14-15H,8-13H2,1H3,(H,25,27). The van der Waals surface area contributed by atoms with Gasteiger partial charge in [0, 0.05) is 31.5 Å². The fourth-order valence-corrected chi connectivity index (χ4v) is 3.16. The number of nitrogens with one attached hydrogen (secondary N) is 1. The molecule has 1 N–H and O–H groups in total. The second-order valence-electron chi connectivity index (χ2n) is 7.04. The van der Waals surface area contributed by atoms with Crippen LogP contribution < -0.4 is 10.2 Å². The zero-order valence-electron chi connectivity index (χ0n) is 16.4. The SMILES string of the molecule is Cc1ccc(-c2cnc(CCC(=O)Nc3ccc(N4CCOCC4)nc3)o2)cc1. The van der Waals surface area contributed by atoms with Crippen molar-refractivity contribution in [1.29, 1.82) is 0 Å². The number of hydrogen-bond donors (Lipinski definition) is 1. The number of carbonyl (C=O) groups excluding carboxylic acids is 1. The number of aryl methyl sites for hydroxylation is 2. The van der Waals surface area contributed by atoms with Gasteiger partial charge in [0.05, 0.1) is 31.3 Å². The van der Waals surface area contributed by atoms with Gasteiger partial charge < -0.3 is 19.4 Å². The lowest BCUT2D eigenvalue weighted by molar-refractivity contribution is -0.116. The zero-order valence-corrected chi connectivity index (χ0v) is 16.4. The lowest BCUT2D eigenvalue weighted by Gasteiger charge is -2.27. The smallest absolute Gasteiger partial charge is 0.224 e. The van der Waals surface area contributed by atoms with Crippen LogP contribution in [0.15, 0.2) is 53.2 Å². The molecule has 0 spiro atoms. The number of hydrogen-bond acceptors (Lipinski definition) is 6. The van der Waals surface area contributed by atoms with Gasteiger partial charge in [-0.15, -0.1) is 0 Å². The fourth-order valence-electron chi connectivity index (χ4n) is 3.16. The van der Waals surface area contributed by atoms with Gasteiger partial charge >= 0.3 is 0 Å². The summed E-state index contributed by atoms with van der Waals surface area (Å²) in [5, 5.41) is 2.87. The molecule has 3 heterocycles. The van der Waals surface area contributed by atoms with Crippen molar-refractivity contribution >= 4 is 17.4 Å². The largest absolute Gasteiger partial charge is 0.441 e. The molecule has 4 rings (SSSR count). The van der Waals surface area contributed by atoms with Crippen molar-refractivity contribution in [2.45, 2.75) is 19.8 Å². The molecule has 7 nitrogen and oxygen atoms in total. The van der Waals surface area contributed by atoms with Gasteiger partial charge in [-0.3, -0.25) is 4.79 Å². The second kappa shape index (κ2) is 8.87. The molecule has 0 unspecified atom stereocenters. The molecule has 1 aromatic carbocycles. The van der Waals surface area contributed by atoms with Crippen molar-refractivity contribution in [3.05, 3.63) is 60.2 Å². The summed E-state index contributed by atoms with van der Waals surface area (Å²) in [4.78, 5) is 23.1. The van der Waals surface area contributed by atoms with Crippen molar-refractivity contribution in [2.24, 2.45) is 0 Å². The van der Waals surface area contributed by atoms with Crippen LogP contribution in [0.5, 0.6) is 0 Å². The van der Waals surface area contributed by atoms with Gasteiger partial charge in [0.2, 0.25) is 5.91 Å². The Kier molecular flexibility index (Phi) is 5.86. The number of pyridine rings is 1. The van der Waals surface area contributed by atoms with E-state index in [9.17, 15) is 4.79 Å². The molecule has 0 aliphatic carbocycles. The summed E-state index contributed by atoms with van der Waals surface area (Å²) in [6.07, 6.45) is 4.12. The molecule has 1 amide bonds. The highest BCUT2D eigenvalue weighted by Gasteiger charge is 2.13. The summed E-state index contributed by atoms with van der Waals surface area (Å²) in [5.41, 5.74) is 2.85. The topological polar surface area (TPSA) is 80.5 Å². The van der Waals surface area contributed by atoms with Gasteiger partial charge in [-0.25, -0.2) is 9.97 Å². The second-order valence-corrected chi connectivity index (χ2v) is 7.04. The Labute approximate surface area is 169 Å². The normalized spacial score (nSPS) is 14.0. The Hall–Kier alpha value is -3.19. The first-order chi connectivity index (χ1) is 14.2. The molecule has 0 atom stereocenters. The summed E-state index contributed by atoms with van der Waals surface area (Å²) < 4.78 is 11.1.